The molecule has 0 saturated carbocycles. The van der Waals surface area contributed by atoms with E-state index in [1.807, 2.05) is 24.3 Å². The molecule has 2 aliphatic rings. The van der Waals surface area contributed by atoms with E-state index in [2.05, 4.69) is 15.1 Å². The summed E-state index contributed by atoms with van der Waals surface area (Å²) in [4.78, 5) is 17.4. The molecular formula is C25H32FN3O2. The molecule has 0 aliphatic carbocycles. The number of anilines is 1. The Labute approximate surface area is 184 Å². The third-order valence-electron chi connectivity index (χ3n) is 6.18. The van der Waals surface area contributed by atoms with E-state index in [1.165, 1.54) is 37.8 Å². The van der Waals surface area contributed by atoms with Crippen molar-refractivity contribution in [3.63, 3.8) is 0 Å². The molecule has 1 fully saturated rings. The van der Waals surface area contributed by atoms with Crippen LogP contribution in [0, 0.1) is 5.82 Å². The second kappa shape index (κ2) is 10.6. The second-order valence-electron chi connectivity index (χ2n) is 8.50. The van der Waals surface area contributed by atoms with Crippen molar-refractivity contribution in [3.05, 3.63) is 59.9 Å². The van der Waals surface area contributed by atoms with Crippen LogP contribution >= 0.6 is 0 Å². The van der Waals surface area contributed by atoms with Gasteiger partial charge in [0, 0.05) is 19.6 Å². The first-order chi connectivity index (χ1) is 15.2. The number of hydrogen-bond donors (Lipinski definition) is 1. The van der Waals surface area contributed by atoms with Gasteiger partial charge in [0.2, 0.25) is 5.91 Å². The topological polar surface area (TPSA) is 44.8 Å². The largest absolute Gasteiger partial charge is 0.489 e. The van der Waals surface area contributed by atoms with Gasteiger partial charge in [0.25, 0.3) is 0 Å². The number of carbonyl (C=O) groups excluding carboxylic acids is 1. The van der Waals surface area contributed by atoms with Crippen LogP contribution in [0.25, 0.3) is 0 Å². The Hall–Kier alpha value is -2.60. The smallest absolute Gasteiger partial charge is 0.222 e. The molecule has 1 N–H and O–H groups in total. The van der Waals surface area contributed by atoms with Crippen molar-refractivity contribution >= 4 is 11.6 Å². The summed E-state index contributed by atoms with van der Waals surface area (Å²) in [6, 6.07) is 14.4. The Morgan fingerprint density at radius 2 is 1.77 bits per heavy atom. The van der Waals surface area contributed by atoms with Crippen molar-refractivity contribution in [2.75, 3.05) is 37.7 Å². The maximum absolute atomic E-state index is 13.3. The Kier molecular flexibility index (Phi) is 7.41. The third-order valence-corrected chi connectivity index (χ3v) is 6.18. The van der Waals surface area contributed by atoms with Gasteiger partial charge in [-0.3, -0.25) is 4.79 Å². The predicted molar refractivity (Wildman–Crippen MR) is 121 cm³/mol. The first-order valence-electron chi connectivity index (χ1n) is 11.4. The van der Waals surface area contributed by atoms with E-state index in [9.17, 15) is 9.18 Å². The van der Waals surface area contributed by atoms with Gasteiger partial charge in [0.05, 0.1) is 18.2 Å². The highest BCUT2D eigenvalue weighted by atomic mass is 19.1. The summed E-state index contributed by atoms with van der Waals surface area (Å²) in [6.45, 7) is 4.92. The molecule has 2 aromatic carbocycles. The number of likely N-dealkylation sites (tertiary alicyclic amines) is 1. The third kappa shape index (κ3) is 5.97. The molecule has 6 heteroatoms. The van der Waals surface area contributed by atoms with Gasteiger partial charge < -0.3 is 19.9 Å². The van der Waals surface area contributed by atoms with E-state index in [4.69, 9.17) is 4.74 Å². The van der Waals surface area contributed by atoms with Gasteiger partial charge in [-0.15, -0.1) is 0 Å². The molecule has 1 atom stereocenters. The SMILES string of the molecule is O=C(CC1COc2ccccc2N1Cc1ccc(F)cc1)NCCN1CCCCCC1. The van der Waals surface area contributed by atoms with Crippen LogP contribution in [0.15, 0.2) is 48.5 Å². The number of para-hydroxylation sites is 2. The minimum atomic E-state index is -0.244. The molecule has 2 aromatic rings. The lowest BCUT2D eigenvalue weighted by molar-refractivity contribution is -0.121. The average molecular weight is 426 g/mol. The number of benzene rings is 2. The highest BCUT2D eigenvalue weighted by Crippen LogP contribution is 2.35. The summed E-state index contributed by atoms with van der Waals surface area (Å²) >= 11 is 0. The van der Waals surface area contributed by atoms with Crippen LogP contribution in [0.5, 0.6) is 5.75 Å². The van der Waals surface area contributed by atoms with Gasteiger partial charge in [-0.25, -0.2) is 4.39 Å². The predicted octanol–water partition coefficient (Wildman–Crippen LogP) is 3.98. The Balaban J connectivity index is 1.37. The number of fused-ring (bicyclic) bond motifs is 1. The number of nitrogens with zero attached hydrogens (tertiary/aromatic N) is 2. The van der Waals surface area contributed by atoms with E-state index >= 15 is 0 Å². The monoisotopic (exact) mass is 425 g/mol. The van der Waals surface area contributed by atoms with Gasteiger partial charge in [-0.2, -0.15) is 0 Å². The van der Waals surface area contributed by atoms with E-state index in [1.54, 1.807) is 12.1 Å². The van der Waals surface area contributed by atoms with Crippen LogP contribution < -0.4 is 15.0 Å². The molecule has 31 heavy (non-hydrogen) atoms. The number of ether oxygens (including phenoxy) is 1. The molecule has 0 bridgehead atoms. The average Bonchev–Trinajstić information content (AvgIpc) is 3.06. The molecule has 2 heterocycles. The van der Waals surface area contributed by atoms with Crippen LogP contribution in [0.2, 0.25) is 0 Å². The molecule has 0 radical (unpaired) electrons. The lowest BCUT2D eigenvalue weighted by atomic mass is 10.1. The number of rotatable bonds is 7. The zero-order valence-corrected chi connectivity index (χ0v) is 18.1. The van der Waals surface area contributed by atoms with Gasteiger partial charge >= 0.3 is 0 Å². The minimum Gasteiger partial charge on any atom is -0.489 e. The Morgan fingerprint density at radius 1 is 1.03 bits per heavy atom. The highest BCUT2D eigenvalue weighted by molar-refractivity contribution is 5.77. The summed E-state index contributed by atoms with van der Waals surface area (Å²) < 4.78 is 19.3. The quantitative estimate of drug-likeness (QED) is 0.729. The molecule has 0 spiro atoms. The standard InChI is InChI=1S/C25H32FN3O2/c26-21-11-9-20(10-12-21)18-29-22(19-31-24-8-4-3-7-23(24)29)17-25(30)27-13-16-28-14-5-1-2-6-15-28/h3-4,7-12,22H,1-2,5-6,13-19H2,(H,27,30). The normalized spacial score (nSPS) is 19.3. The summed E-state index contributed by atoms with van der Waals surface area (Å²) in [7, 11) is 0. The molecular weight excluding hydrogens is 393 g/mol. The van der Waals surface area contributed by atoms with E-state index in [-0.39, 0.29) is 17.8 Å². The highest BCUT2D eigenvalue weighted by Gasteiger charge is 2.29. The summed E-state index contributed by atoms with van der Waals surface area (Å²) in [5, 5.41) is 3.10. The van der Waals surface area contributed by atoms with Crippen LogP contribution in [0.3, 0.4) is 0 Å². The van der Waals surface area contributed by atoms with Crippen molar-refractivity contribution in [2.24, 2.45) is 0 Å². The first-order valence-corrected chi connectivity index (χ1v) is 11.4. The molecule has 1 saturated heterocycles. The van der Waals surface area contributed by atoms with Crippen molar-refractivity contribution in [1.29, 1.82) is 0 Å². The maximum atomic E-state index is 13.3. The van der Waals surface area contributed by atoms with Crippen LogP contribution in [-0.2, 0) is 11.3 Å². The molecule has 1 amide bonds. The summed E-state index contributed by atoms with van der Waals surface area (Å²) in [5.41, 5.74) is 1.98. The van der Waals surface area contributed by atoms with E-state index in [0.717, 1.165) is 36.6 Å². The van der Waals surface area contributed by atoms with Crippen molar-refractivity contribution in [3.8, 4) is 5.75 Å². The molecule has 5 nitrogen and oxygen atoms in total. The number of carbonyl (C=O) groups is 1. The fraction of sp³-hybridized carbons (Fsp3) is 0.480. The second-order valence-corrected chi connectivity index (χ2v) is 8.50. The lowest BCUT2D eigenvalue weighted by Crippen LogP contribution is -2.46. The van der Waals surface area contributed by atoms with Crippen molar-refractivity contribution in [1.82, 2.24) is 10.2 Å². The fourth-order valence-corrected chi connectivity index (χ4v) is 4.46. The Morgan fingerprint density at radius 3 is 2.55 bits per heavy atom. The van der Waals surface area contributed by atoms with Crippen LogP contribution in [0.1, 0.15) is 37.7 Å². The zero-order valence-electron chi connectivity index (χ0n) is 18.1. The molecule has 1 unspecified atom stereocenters. The van der Waals surface area contributed by atoms with Crippen molar-refractivity contribution in [2.45, 2.75) is 44.7 Å². The number of amides is 1. The first kappa shape index (κ1) is 21.6. The van der Waals surface area contributed by atoms with Crippen LogP contribution in [-0.4, -0.2) is 49.6 Å². The molecule has 166 valence electrons. The van der Waals surface area contributed by atoms with Gasteiger partial charge in [-0.1, -0.05) is 37.1 Å². The Bertz CT molecular complexity index is 850. The van der Waals surface area contributed by atoms with Crippen molar-refractivity contribution < 1.29 is 13.9 Å². The molecule has 4 rings (SSSR count). The number of halogens is 1. The number of hydrogen-bond acceptors (Lipinski definition) is 4. The van der Waals surface area contributed by atoms with Gasteiger partial charge in [0.15, 0.2) is 0 Å². The van der Waals surface area contributed by atoms with E-state index < -0.39 is 0 Å². The number of nitrogens with one attached hydrogen (secondary N) is 1. The summed E-state index contributed by atoms with van der Waals surface area (Å²) in [5.74, 6) is 0.626. The molecule has 0 aromatic heterocycles. The van der Waals surface area contributed by atoms with Gasteiger partial charge in [-0.05, 0) is 55.8 Å². The maximum Gasteiger partial charge on any atom is 0.222 e. The summed E-state index contributed by atoms with van der Waals surface area (Å²) in [6.07, 6.45) is 5.51. The zero-order chi connectivity index (χ0) is 21.5. The lowest BCUT2D eigenvalue weighted by Gasteiger charge is -2.38. The van der Waals surface area contributed by atoms with Gasteiger partial charge in [0.1, 0.15) is 18.2 Å². The van der Waals surface area contributed by atoms with E-state index in [0.29, 0.717) is 26.1 Å². The molecule has 2 aliphatic heterocycles. The van der Waals surface area contributed by atoms with Crippen LogP contribution in [0.4, 0.5) is 10.1 Å². The minimum absolute atomic E-state index is 0.0481. The fourth-order valence-electron chi connectivity index (χ4n) is 4.46.